The molecule has 0 amide bonds. The van der Waals surface area contributed by atoms with E-state index in [1.807, 2.05) is 13.0 Å². The summed E-state index contributed by atoms with van der Waals surface area (Å²) in [7, 11) is 0. The monoisotopic (exact) mass is 376 g/mol. The van der Waals surface area contributed by atoms with Crippen molar-refractivity contribution in [2.75, 3.05) is 0 Å². The van der Waals surface area contributed by atoms with Gasteiger partial charge in [0.15, 0.2) is 6.10 Å². The van der Waals surface area contributed by atoms with Gasteiger partial charge in [-0.2, -0.15) is 0 Å². The Morgan fingerprint density at radius 1 is 1.18 bits per heavy atom. The number of ether oxygens (including phenoxy) is 1. The number of hydrogen-bond donors (Lipinski definition) is 0. The Morgan fingerprint density at radius 2 is 1.89 bits per heavy atom. The summed E-state index contributed by atoms with van der Waals surface area (Å²) in [5.74, 6) is -1.23. The third-order valence-electron chi connectivity index (χ3n) is 4.41. The molecule has 0 saturated heterocycles. The van der Waals surface area contributed by atoms with Crippen molar-refractivity contribution in [3.8, 4) is 0 Å². The molecule has 0 fully saturated rings. The molecule has 3 rings (SSSR count). The smallest absolute Gasteiger partial charge is 0.351 e. The van der Waals surface area contributed by atoms with E-state index in [1.54, 1.807) is 42.5 Å². The van der Waals surface area contributed by atoms with Gasteiger partial charge in [0, 0.05) is 10.9 Å². The maximum Gasteiger partial charge on any atom is 0.351 e. The second kappa shape index (κ2) is 8.05. The van der Waals surface area contributed by atoms with Gasteiger partial charge < -0.3 is 9.15 Å². The van der Waals surface area contributed by atoms with E-state index >= 15 is 0 Å². The molecule has 0 aliphatic rings. The molecular weight excluding hydrogens is 356 g/mol. The first-order chi connectivity index (χ1) is 13.4. The van der Waals surface area contributed by atoms with E-state index in [4.69, 9.17) is 9.15 Å². The maximum atomic E-state index is 12.5. The SMILES string of the molecule is C=CCc1cccc2cc(C(=O)O[C@@H](C)C(=O)c3ccc(C)cc3)c(=O)oc12. The minimum atomic E-state index is -1.03. The average Bonchev–Trinajstić information content (AvgIpc) is 2.68. The van der Waals surface area contributed by atoms with E-state index in [9.17, 15) is 14.4 Å². The summed E-state index contributed by atoms with van der Waals surface area (Å²) in [6.45, 7) is 7.08. The van der Waals surface area contributed by atoms with Crippen molar-refractivity contribution in [1.29, 1.82) is 0 Å². The lowest BCUT2D eigenvalue weighted by Crippen LogP contribution is -2.27. The molecule has 142 valence electrons. The number of rotatable bonds is 6. The van der Waals surface area contributed by atoms with Crippen LogP contribution < -0.4 is 5.63 Å². The fourth-order valence-electron chi connectivity index (χ4n) is 2.89. The lowest BCUT2D eigenvalue weighted by molar-refractivity contribution is 0.0315. The number of allylic oxidation sites excluding steroid dienone is 1. The second-order valence-electron chi connectivity index (χ2n) is 6.55. The molecule has 0 bridgehead atoms. The van der Waals surface area contributed by atoms with Gasteiger partial charge in [0.25, 0.3) is 0 Å². The standard InChI is InChI=1S/C23H20O5/c1-4-6-17-7-5-8-18-13-19(23(26)28-21(17)18)22(25)27-15(3)20(24)16-11-9-14(2)10-12-16/h4-5,7-13,15H,1,6H2,2-3H3/t15-/m0/s1. The van der Waals surface area contributed by atoms with Crippen LogP contribution >= 0.6 is 0 Å². The summed E-state index contributed by atoms with van der Waals surface area (Å²) < 4.78 is 10.6. The highest BCUT2D eigenvalue weighted by Crippen LogP contribution is 2.20. The quantitative estimate of drug-likeness (QED) is 0.278. The van der Waals surface area contributed by atoms with E-state index in [1.165, 1.54) is 13.0 Å². The van der Waals surface area contributed by atoms with Gasteiger partial charge in [0.05, 0.1) is 0 Å². The van der Waals surface area contributed by atoms with Crippen molar-refractivity contribution in [2.45, 2.75) is 26.4 Å². The number of hydrogen-bond acceptors (Lipinski definition) is 5. The van der Waals surface area contributed by atoms with Gasteiger partial charge in [-0.05, 0) is 31.9 Å². The molecule has 1 aromatic heterocycles. The molecule has 2 aromatic carbocycles. The Morgan fingerprint density at radius 3 is 2.57 bits per heavy atom. The molecule has 0 radical (unpaired) electrons. The molecular formula is C23H20O5. The van der Waals surface area contributed by atoms with Crippen molar-refractivity contribution < 1.29 is 18.7 Å². The zero-order valence-electron chi connectivity index (χ0n) is 15.7. The van der Waals surface area contributed by atoms with Gasteiger partial charge in [-0.25, -0.2) is 9.59 Å². The molecule has 0 saturated carbocycles. The fourth-order valence-corrected chi connectivity index (χ4v) is 2.89. The first-order valence-corrected chi connectivity index (χ1v) is 8.89. The van der Waals surface area contributed by atoms with Crippen LogP contribution in [0.25, 0.3) is 11.0 Å². The van der Waals surface area contributed by atoms with Gasteiger partial charge in [0.2, 0.25) is 5.78 Å². The number of fused-ring (bicyclic) bond motifs is 1. The largest absolute Gasteiger partial charge is 0.450 e. The summed E-state index contributed by atoms with van der Waals surface area (Å²) >= 11 is 0. The van der Waals surface area contributed by atoms with Crippen molar-refractivity contribution in [3.05, 3.63) is 93.9 Å². The first kappa shape index (κ1) is 19.3. The van der Waals surface area contributed by atoms with Crippen LogP contribution in [0.1, 0.15) is 38.8 Å². The van der Waals surface area contributed by atoms with Crippen molar-refractivity contribution in [3.63, 3.8) is 0 Å². The van der Waals surface area contributed by atoms with Gasteiger partial charge in [-0.15, -0.1) is 6.58 Å². The predicted molar refractivity (Wildman–Crippen MR) is 107 cm³/mol. The predicted octanol–water partition coefficient (Wildman–Crippen LogP) is 4.26. The van der Waals surface area contributed by atoms with Gasteiger partial charge in [0.1, 0.15) is 11.1 Å². The molecule has 0 aliphatic carbocycles. The van der Waals surface area contributed by atoms with Crippen LogP contribution in [0.15, 0.2) is 70.4 Å². The Hall–Kier alpha value is -3.47. The molecule has 1 heterocycles. The minimum absolute atomic E-state index is 0.244. The van der Waals surface area contributed by atoms with Crippen molar-refractivity contribution in [1.82, 2.24) is 0 Å². The normalized spacial score (nSPS) is 11.8. The number of para-hydroxylation sites is 1. The molecule has 0 spiro atoms. The third kappa shape index (κ3) is 3.93. The maximum absolute atomic E-state index is 12.5. The Kier molecular flexibility index (Phi) is 5.54. The van der Waals surface area contributed by atoms with Crippen LogP contribution in [0.3, 0.4) is 0 Å². The summed E-state index contributed by atoms with van der Waals surface area (Å²) in [6.07, 6.45) is 1.21. The number of benzene rings is 2. The lowest BCUT2D eigenvalue weighted by atomic mass is 10.1. The molecule has 0 aliphatic heterocycles. The highest BCUT2D eigenvalue weighted by Gasteiger charge is 2.23. The third-order valence-corrected chi connectivity index (χ3v) is 4.41. The Labute approximate surface area is 162 Å². The summed E-state index contributed by atoms with van der Waals surface area (Å²) in [6, 6.07) is 13.8. The number of ketones is 1. The molecule has 1 atom stereocenters. The molecule has 5 heteroatoms. The van der Waals surface area contributed by atoms with E-state index < -0.39 is 17.7 Å². The van der Waals surface area contributed by atoms with Crippen LogP contribution in [0.4, 0.5) is 0 Å². The number of Topliss-reactive ketones (excluding diaryl/α,β-unsaturated/α-hetero) is 1. The molecule has 3 aromatic rings. The summed E-state index contributed by atoms with van der Waals surface area (Å²) in [5, 5.41) is 0.600. The van der Waals surface area contributed by atoms with Crippen molar-refractivity contribution >= 4 is 22.7 Å². The molecule has 5 nitrogen and oxygen atoms in total. The lowest BCUT2D eigenvalue weighted by Gasteiger charge is -2.12. The van der Waals surface area contributed by atoms with Gasteiger partial charge in [-0.3, -0.25) is 4.79 Å². The van der Waals surface area contributed by atoms with Gasteiger partial charge in [-0.1, -0.05) is 54.1 Å². The van der Waals surface area contributed by atoms with E-state index in [2.05, 4.69) is 6.58 Å². The van der Waals surface area contributed by atoms with Gasteiger partial charge >= 0.3 is 11.6 Å². The Balaban J connectivity index is 1.85. The zero-order chi connectivity index (χ0) is 20.3. The molecule has 0 unspecified atom stereocenters. The first-order valence-electron chi connectivity index (χ1n) is 8.89. The van der Waals surface area contributed by atoms with Crippen LogP contribution in [-0.2, 0) is 11.2 Å². The molecule has 0 N–H and O–H groups in total. The number of aryl methyl sites for hydroxylation is 1. The van der Waals surface area contributed by atoms with Crippen LogP contribution in [0.5, 0.6) is 0 Å². The second-order valence-corrected chi connectivity index (χ2v) is 6.55. The topological polar surface area (TPSA) is 73.6 Å². The van der Waals surface area contributed by atoms with E-state index in [0.29, 0.717) is 23.0 Å². The van der Waals surface area contributed by atoms with E-state index in [0.717, 1.165) is 11.1 Å². The van der Waals surface area contributed by atoms with Crippen LogP contribution in [-0.4, -0.2) is 17.9 Å². The van der Waals surface area contributed by atoms with Crippen molar-refractivity contribution in [2.24, 2.45) is 0 Å². The van der Waals surface area contributed by atoms with E-state index in [-0.39, 0.29) is 11.3 Å². The number of carbonyl (C=O) groups is 2. The van der Waals surface area contributed by atoms with Crippen LogP contribution in [0, 0.1) is 6.92 Å². The fraction of sp³-hybridized carbons (Fsp3) is 0.174. The highest BCUT2D eigenvalue weighted by molar-refractivity contribution is 6.01. The number of carbonyl (C=O) groups excluding carboxylic acids is 2. The highest BCUT2D eigenvalue weighted by atomic mass is 16.5. The summed E-state index contributed by atoms with van der Waals surface area (Å²) in [4.78, 5) is 37.2. The zero-order valence-corrected chi connectivity index (χ0v) is 15.7. The average molecular weight is 376 g/mol. The molecule has 28 heavy (non-hydrogen) atoms. The van der Waals surface area contributed by atoms with Crippen LogP contribution in [0.2, 0.25) is 0 Å². The summed E-state index contributed by atoms with van der Waals surface area (Å²) in [5.41, 5.74) is 1.62. The number of esters is 1. The minimum Gasteiger partial charge on any atom is -0.450 e. The Bertz CT molecular complexity index is 1110.